The molecule has 0 saturated heterocycles. The average Bonchev–Trinajstić information content (AvgIpc) is 3.04. The second-order valence-electron chi connectivity index (χ2n) is 4.68. The van der Waals surface area contributed by atoms with E-state index in [1.807, 2.05) is 60.7 Å². The van der Waals surface area contributed by atoms with Crippen LogP contribution in [0.4, 0.5) is 0 Å². The molecule has 0 bridgehead atoms. The maximum Gasteiger partial charge on any atom is 0.254 e. The van der Waals surface area contributed by atoms with Crippen molar-refractivity contribution in [2.75, 3.05) is 0 Å². The lowest BCUT2D eigenvalue weighted by molar-refractivity contribution is 0.0951. The topological polar surface area (TPSA) is 46.9 Å². The van der Waals surface area contributed by atoms with Gasteiger partial charge in [0.1, 0.15) is 0 Å². The molecule has 0 aliphatic rings. The molecular weight excluding hydrogens is 262 g/mol. The Morgan fingerprint density at radius 3 is 2.38 bits per heavy atom. The molecule has 0 fully saturated rings. The molecule has 1 N–H and O–H groups in total. The van der Waals surface area contributed by atoms with Crippen molar-refractivity contribution < 1.29 is 4.79 Å². The summed E-state index contributed by atoms with van der Waals surface area (Å²) < 4.78 is 1.69. The van der Waals surface area contributed by atoms with Crippen molar-refractivity contribution in [1.29, 1.82) is 0 Å². The van der Waals surface area contributed by atoms with E-state index in [1.165, 1.54) is 0 Å². The Morgan fingerprint density at radius 2 is 1.67 bits per heavy atom. The zero-order valence-electron chi connectivity index (χ0n) is 11.4. The Hall–Kier alpha value is -2.88. The van der Waals surface area contributed by atoms with Crippen LogP contribution in [-0.2, 0) is 6.54 Å². The predicted octanol–water partition coefficient (Wildman–Crippen LogP) is 2.80. The highest BCUT2D eigenvalue weighted by Crippen LogP contribution is 2.08. The molecule has 0 radical (unpaired) electrons. The fraction of sp³-hybridized carbons (Fsp3) is 0.0588. The maximum absolute atomic E-state index is 12.1. The van der Waals surface area contributed by atoms with Crippen molar-refractivity contribution in [1.82, 2.24) is 15.1 Å². The van der Waals surface area contributed by atoms with Gasteiger partial charge in [-0.2, -0.15) is 5.10 Å². The summed E-state index contributed by atoms with van der Waals surface area (Å²) in [6.07, 6.45) is 3.31. The molecule has 2 aromatic carbocycles. The summed E-state index contributed by atoms with van der Waals surface area (Å²) in [4.78, 5) is 12.1. The highest BCUT2D eigenvalue weighted by molar-refractivity contribution is 5.93. The quantitative estimate of drug-likeness (QED) is 0.797. The number of carbonyl (C=O) groups excluding carboxylic acids is 1. The van der Waals surface area contributed by atoms with Gasteiger partial charge in [-0.25, -0.2) is 4.68 Å². The molecule has 3 rings (SSSR count). The van der Waals surface area contributed by atoms with Gasteiger partial charge in [0, 0.05) is 12.7 Å². The van der Waals surface area contributed by atoms with Gasteiger partial charge in [-0.3, -0.25) is 4.79 Å². The summed E-state index contributed by atoms with van der Waals surface area (Å²) in [5.74, 6) is -0.124. The second-order valence-corrected chi connectivity index (χ2v) is 4.68. The van der Waals surface area contributed by atoms with Crippen LogP contribution in [0.25, 0.3) is 5.69 Å². The first-order valence-electron chi connectivity index (χ1n) is 6.75. The number of aromatic nitrogens is 2. The van der Waals surface area contributed by atoms with Crippen molar-refractivity contribution in [3.63, 3.8) is 0 Å². The number of nitrogens with zero attached hydrogens (tertiary/aromatic N) is 2. The van der Waals surface area contributed by atoms with E-state index in [-0.39, 0.29) is 5.91 Å². The van der Waals surface area contributed by atoms with Crippen molar-refractivity contribution in [3.05, 3.63) is 84.2 Å². The number of amides is 1. The summed E-state index contributed by atoms with van der Waals surface area (Å²) in [6, 6.07) is 19.5. The third-order valence-electron chi connectivity index (χ3n) is 3.16. The molecule has 0 spiro atoms. The molecule has 21 heavy (non-hydrogen) atoms. The summed E-state index contributed by atoms with van der Waals surface area (Å²) in [6.45, 7) is 0.510. The summed E-state index contributed by atoms with van der Waals surface area (Å²) in [5.41, 5.74) is 2.55. The molecule has 0 saturated carbocycles. The summed E-state index contributed by atoms with van der Waals surface area (Å²) >= 11 is 0. The molecule has 4 heteroatoms. The first-order valence-corrected chi connectivity index (χ1v) is 6.75. The molecule has 3 aromatic rings. The second kappa shape index (κ2) is 6.05. The molecule has 0 unspecified atom stereocenters. The monoisotopic (exact) mass is 277 g/mol. The molecule has 1 heterocycles. The molecule has 0 aliphatic heterocycles. The van der Waals surface area contributed by atoms with E-state index in [9.17, 15) is 4.79 Å². The van der Waals surface area contributed by atoms with Crippen molar-refractivity contribution in [3.8, 4) is 5.69 Å². The first-order chi connectivity index (χ1) is 10.3. The van der Waals surface area contributed by atoms with Crippen LogP contribution in [0.3, 0.4) is 0 Å². The van der Waals surface area contributed by atoms with Gasteiger partial charge in [0.25, 0.3) is 5.91 Å². The lowest BCUT2D eigenvalue weighted by atomic mass is 10.2. The minimum Gasteiger partial charge on any atom is -0.348 e. The third kappa shape index (κ3) is 3.17. The van der Waals surface area contributed by atoms with Crippen molar-refractivity contribution >= 4 is 5.91 Å². The van der Waals surface area contributed by atoms with E-state index in [1.54, 1.807) is 17.1 Å². The van der Waals surface area contributed by atoms with Gasteiger partial charge in [0.2, 0.25) is 0 Å². The Morgan fingerprint density at radius 1 is 1.00 bits per heavy atom. The SMILES string of the molecule is O=C(NCc1ccccc1)c1cnn(-c2ccccc2)c1. The molecule has 1 amide bonds. The lowest BCUT2D eigenvalue weighted by Crippen LogP contribution is -2.22. The van der Waals surface area contributed by atoms with E-state index >= 15 is 0 Å². The van der Waals surface area contributed by atoms with E-state index in [2.05, 4.69) is 10.4 Å². The number of para-hydroxylation sites is 1. The third-order valence-corrected chi connectivity index (χ3v) is 3.16. The zero-order chi connectivity index (χ0) is 14.5. The lowest BCUT2D eigenvalue weighted by Gasteiger charge is -2.03. The van der Waals surface area contributed by atoms with Gasteiger partial charge >= 0.3 is 0 Å². The van der Waals surface area contributed by atoms with Gasteiger partial charge < -0.3 is 5.32 Å². The smallest absolute Gasteiger partial charge is 0.254 e. The van der Waals surface area contributed by atoms with Gasteiger partial charge in [-0.05, 0) is 17.7 Å². The molecule has 0 aliphatic carbocycles. The number of benzene rings is 2. The normalized spacial score (nSPS) is 10.3. The summed E-state index contributed by atoms with van der Waals surface area (Å²) in [5, 5.41) is 7.11. The van der Waals surface area contributed by atoms with Gasteiger partial charge in [0.05, 0.1) is 17.4 Å². The molecule has 0 atom stereocenters. The van der Waals surface area contributed by atoms with Crippen LogP contribution in [0, 0.1) is 0 Å². The van der Waals surface area contributed by atoms with Crippen LogP contribution in [0.2, 0.25) is 0 Å². The largest absolute Gasteiger partial charge is 0.348 e. The Labute approximate surface area is 123 Å². The minimum absolute atomic E-state index is 0.124. The van der Waals surface area contributed by atoms with Crippen molar-refractivity contribution in [2.24, 2.45) is 0 Å². The van der Waals surface area contributed by atoms with Crippen molar-refractivity contribution in [2.45, 2.75) is 6.54 Å². The fourth-order valence-electron chi connectivity index (χ4n) is 2.04. The average molecular weight is 277 g/mol. The zero-order valence-corrected chi connectivity index (χ0v) is 11.4. The molecular formula is C17H15N3O. The van der Waals surface area contributed by atoms with E-state index in [0.717, 1.165) is 11.3 Å². The van der Waals surface area contributed by atoms with Gasteiger partial charge in [0.15, 0.2) is 0 Å². The Balaban J connectivity index is 1.67. The molecule has 4 nitrogen and oxygen atoms in total. The summed E-state index contributed by atoms with van der Waals surface area (Å²) in [7, 11) is 0. The first kappa shape index (κ1) is 13.1. The minimum atomic E-state index is -0.124. The number of hydrogen-bond donors (Lipinski definition) is 1. The highest BCUT2D eigenvalue weighted by Gasteiger charge is 2.08. The molecule has 1 aromatic heterocycles. The van der Waals surface area contributed by atoms with Crippen LogP contribution in [0.5, 0.6) is 0 Å². The van der Waals surface area contributed by atoms with Crippen LogP contribution >= 0.6 is 0 Å². The number of carbonyl (C=O) groups is 1. The van der Waals surface area contributed by atoms with Gasteiger partial charge in [-0.15, -0.1) is 0 Å². The molecule has 104 valence electrons. The Kier molecular flexibility index (Phi) is 3.78. The highest BCUT2D eigenvalue weighted by atomic mass is 16.1. The predicted molar refractivity (Wildman–Crippen MR) is 81.2 cm³/mol. The fourth-order valence-corrected chi connectivity index (χ4v) is 2.04. The maximum atomic E-state index is 12.1. The van der Waals surface area contributed by atoms with Crippen LogP contribution < -0.4 is 5.32 Å². The number of hydrogen-bond acceptors (Lipinski definition) is 2. The van der Waals surface area contributed by atoms with E-state index < -0.39 is 0 Å². The van der Waals surface area contributed by atoms with Crippen LogP contribution in [0.15, 0.2) is 73.1 Å². The van der Waals surface area contributed by atoms with Crippen LogP contribution in [-0.4, -0.2) is 15.7 Å². The van der Waals surface area contributed by atoms with Crippen LogP contribution in [0.1, 0.15) is 15.9 Å². The van der Waals surface area contributed by atoms with Gasteiger partial charge in [-0.1, -0.05) is 48.5 Å². The van der Waals surface area contributed by atoms with E-state index in [0.29, 0.717) is 12.1 Å². The standard InChI is InChI=1S/C17H15N3O/c21-17(18-11-14-7-3-1-4-8-14)15-12-19-20(13-15)16-9-5-2-6-10-16/h1-10,12-13H,11H2,(H,18,21). The number of nitrogens with one attached hydrogen (secondary N) is 1. The van der Waals surface area contributed by atoms with E-state index in [4.69, 9.17) is 0 Å². The number of rotatable bonds is 4. The Bertz CT molecular complexity index is 720.